The van der Waals surface area contributed by atoms with Gasteiger partial charge in [-0.05, 0) is 43.4 Å². The second-order valence-corrected chi connectivity index (χ2v) is 9.56. The zero-order chi connectivity index (χ0) is 23.2. The van der Waals surface area contributed by atoms with Gasteiger partial charge in [0.1, 0.15) is 11.2 Å². The molecule has 34 heavy (non-hydrogen) atoms. The summed E-state index contributed by atoms with van der Waals surface area (Å²) in [6.07, 6.45) is 9.77. The largest absolute Gasteiger partial charge is 0.493 e. The Morgan fingerprint density at radius 3 is 2.82 bits per heavy atom. The normalized spacial score (nSPS) is 13.9. The highest BCUT2D eigenvalue weighted by Gasteiger charge is 2.20. The van der Waals surface area contributed by atoms with Gasteiger partial charge in [-0.25, -0.2) is 19.2 Å². The zero-order valence-electron chi connectivity index (χ0n) is 19.1. The number of nitrogens with zero attached hydrogens (tertiary/aromatic N) is 6. The van der Waals surface area contributed by atoms with Crippen LogP contribution in [0.15, 0.2) is 29.5 Å². The van der Waals surface area contributed by atoms with Gasteiger partial charge in [-0.2, -0.15) is 5.10 Å². The molecule has 0 fully saturated rings. The van der Waals surface area contributed by atoms with E-state index in [0.29, 0.717) is 41.1 Å². The summed E-state index contributed by atoms with van der Waals surface area (Å²) in [6.45, 7) is 0.352. The van der Waals surface area contributed by atoms with E-state index in [0.717, 1.165) is 28.7 Å². The molecule has 4 heterocycles. The first-order chi connectivity index (χ1) is 16.7. The lowest BCUT2D eigenvalue weighted by molar-refractivity contribution is 0.358. The number of thiophene rings is 1. The lowest BCUT2D eigenvalue weighted by Crippen LogP contribution is -2.24. The molecule has 0 atom stereocenters. The van der Waals surface area contributed by atoms with Crippen molar-refractivity contribution in [2.45, 2.75) is 45.1 Å². The van der Waals surface area contributed by atoms with Gasteiger partial charge in [0.25, 0.3) is 5.56 Å². The van der Waals surface area contributed by atoms with E-state index in [4.69, 9.17) is 14.5 Å². The van der Waals surface area contributed by atoms with E-state index in [2.05, 4.69) is 15.2 Å². The molecule has 5 aromatic rings. The molecule has 174 valence electrons. The minimum Gasteiger partial charge on any atom is -0.493 e. The number of methoxy groups -OCH3 is 2. The van der Waals surface area contributed by atoms with Crippen LogP contribution in [0.25, 0.3) is 26.6 Å². The highest BCUT2D eigenvalue weighted by atomic mass is 32.1. The molecule has 0 bridgehead atoms. The fraction of sp³-hybridized carbons (Fsp3) is 0.375. The van der Waals surface area contributed by atoms with Crippen LogP contribution in [-0.4, -0.2) is 43.6 Å². The van der Waals surface area contributed by atoms with Crippen molar-refractivity contribution in [1.82, 2.24) is 29.4 Å². The van der Waals surface area contributed by atoms with Crippen LogP contribution in [-0.2, 0) is 25.8 Å². The highest BCUT2D eigenvalue weighted by Crippen LogP contribution is 2.36. The summed E-state index contributed by atoms with van der Waals surface area (Å²) in [5.74, 6) is 1.59. The van der Waals surface area contributed by atoms with Crippen molar-refractivity contribution >= 4 is 38.0 Å². The van der Waals surface area contributed by atoms with Crippen molar-refractivity contribution in [1.29, 1.82) is 0 Å². The predicted octanol–water partition coefficient (Wildman–Crippen LogP) is 3.58. The van der Waals surface area contributed by atoms with E-state index in [1.54, 1.807) is 47.6 Å². The molecule has 1 aromatic carbocycles. The molecule has 0 amide bonds. The molecule has 0 radical (unpaired) electrons. The molecular formula is C24H24N6O3S. The SMILES string of the molecule is COc1ccc2cnn(CCc3nc4c5c6c(sc5ncn4n3)CCCCC6)c(=O)c2c1OC. The fourth-order valence-electron chi connectivity index (χ4n) is 4.83. The maximum atomic E-state index is 13.2. The fourth-order valence-corrected chi connectivity index (χ4v) is 6.05. The highest BCUT2D eigenvalue weighted by molar-refractivity contribution is 7.19. The number of benzene rings is 1. The van der Waals surface area contributed by atoms with Crippen molar-refractivity contribution in [2.75, 3.05) is 14.2 Å². The number of hydrogen-bond acceptors (Lipinski definition) is 8. The zero-order valence-corrected chi connectivity index (χ0v) is 19.9. The van der Waals surface area contributed by atoms with Gasteiger partial charge in [-0.15, -0.1) is 16.4 Å². The minimum absolute atomic E-state index is 0.232. The van der Waals surface area contributed by atoms with Crippen LogP contribution in [0.5, 0.6) is 11.5 Å². The number of hydrogen-bond donors (Lipinski definition) is 0. The summed E-state index contributed by atoms with van der Waals surface area (Å²) in [6, 6.07) is 3.58. The van der Waals surface area contributed by atoms with Crippen LogP contribution < -0.4 is 15.0 Å². The third kappa shape index (κ3) is 3.32. The molecule has 10 heteroatoms. The van der Waals surface area contributed by atoms with Gasteiger partial charge in [0.2, 0.25) is 0 Å². The minimum atomic E-state index is -0.232. The van der Waals surface area contributed by atoms with Crippen LogP contribution >= 0.6 is 11.3 Å². The third-order valence-electron chi connectivity index (χ3n) is 6.50. The number of rotatable bonds is 5. The molecule has 1 aliphatic carbocycles. The maximum absolute atomic E-state index is 13.2. The van der Waals surface area contributed by atoms with Crippen molar-refractivity contribution in [3.8, 4) is 11.5 Å². The van der Waals surface area contributed by atoms with Gasteiger partial charge >= 0.3 is 0 Å². The first kappa shape index (κ1) is 21.0. The molecular weight excluding hydrogens is 452 g/mol. The van der Waals surface area contributed by atoms with Crippen LogP contribution in [0.4, 0.5) is 0 Å². The first-order valence-electron chi connectivity index (χ1n) is 11.4. The van der Waals surface area contributed by atoms with Gasteiger partial charge in [0.15, 0.2) is 23.0 Å². The molecule has 0 aliphatic heterocycles. The molecule has 6 rings (SSSR count). The summed E-state index contributed by atoms with van der Waals surface area (Å²) in [5.41, 5.74) is 2.01. The smallest absolute Gasteiger partial charge is 0.278 e. The Balaban J connectivity index is 1.36. The second-order valence-electron chi connectivity index (χ2n) is 8.47. The van der Waals surface area contributed by atoms with E-state index >= 15 is 0 Å². The average molecular weight is 477 g/mol. The molecule has 0 saturated carbocycles. The van der Waals surface area contributed by atoms with Crippen molar-refractivity contribution in [3.63, 3.8) is 0 Å². The van der Waals surface area contributed by atoms with Gasteiger partial charge in [0, 0.05) is 16.7 Å². The number of aromatic nitrogens is 6. The Kier molecular flexibility index (Phi) is 5.17. The molecule has 0 N–H and O–H groups in total. The molecule has 0 unspecified atom stereocenters. The van der Waals surface area contributed by atoms with E-state index in [1.165, 1.54) is 41.5 Å². The van der Waals surface area contributed by atoms with E-state index in [1.807, 2.05) is 0 Å². The molecule has 0 spiro atoms. The summed E-state index contributed by atoms with van der Waals surface area (Å²) in [4.78, 5) is 25.2. The molecule has 0 saturated heterocycles. The predicted molar refractivity (Wildman–Crippen MR) is 130 cm³/mol. The van der Waals surface area contributed by atoms with Crippen molar-refractivity contribution in [3.05, 3.63) is 51.3 Å². The third-order valence-corrected chi connectivity index (χ3v) is 7.70. The number of fused-ring (bicyclic) bond motifs is 6. The van der Waals surface area contributed by atoms with Crippen LogP contribution in [0.1, 0.15) is 35.5 Å². The molecule has 4 aromatic heterocycles. The maximum Gasteiger partial charge on any atom is 0.278 e. The monoisotopic (exact) mass is 476 g/mol. The summed E-state index contributed by atoms with van der Waals surface area (Å²) in [5, 5.41) is 11.3. The summed E-state index contributed by atoms with van der Waals surface area (Å²) < 4.78 is 14.0. The van der Waals surface area contributed by atoms with Crippen LogP contribution in [0.2, 0.25) is 0 Å². The standard InChI is InChI=1S/C24H24N6O3S/c1-32-16-9-8-14-12-26-29(24(31)19(14)21(16)33-2)11-10-18-27-22-20-15-6-4-3-5-7-17(15)34-23(20)25-13-30(22)28-18/h8-9,12-13H,3-7,10-11H2,1-2H3. The second kappa shape index (κ2) is 8.35. The molecule has 1 aliphatic rings. The van der Waals surface area contributed by atoms with E-state index in [9.17, 15) is 4.79 Å². The Bertz CT molecular complexity index is 1600. The van der Waals surface area contributed by atoms with Gasteiger partial charge in [0.05, 0.1) is 37.7 Å². The first-order valence-corrected chi connectivity index (χ1v) is 12.2. The van der Waals surface area contributed by atoms with Crippen LogP contribution in [0.3, 0.4) is 0 Å². The Morgan fingerprint density at radius 1 is 1.09 bits per heavy atom. The van der Waals surface area contributed by atoms with Crippen LogP contribution in [0, 0.1) is 0 Å². The summed E-state index contributed by atoms with van der Waals surface area (Å²) >= 11 is 1.79. The van der Waals surface area contributed by atoms with Crippen molar-refractivity contribution in [2.24, 2.45) is 0 Å². The Hall–Kier alpha value is -3.53. The Labute approximate surface area is 199 Å². The Morgan fingerprint density at radius 2 is 1.97 bits per heavy atom. The lowest BCUT2D eigenvalue weighted by Gasteiger charge is -2.11. The average Bonchev–Trinajstić information content (AvgIpc) is 3.35. The molecule has 9 nitrogen and oxygen atoms in total. The van der Waals surface area contributed by atoms with E-state index < -0.39 is 0 Å². The quantitative estimate of drug-likeness (QED) is 0.358. The van der Waals surface area contributed by atoms with Gasteiger partial charge in [-0.3, -0.25) is 4.79 Å². The lowest BCUT2D eigenvalue weighted by atomic mass is 10.1. The topological polar surface area (TPSA) is 96.4 Å². The van der Waals surface area contributed by atoms with Gasteiger partial charge in [-0.1, -0.05) is 6.42 Å². The number of ether oxygens (including phenoxy) is 2. The number of aryl methyl sites for hydroxylation is 4. The van der Waals surface area contributed by atoms with E-state index in [-0.39, 0.29) is 5.56 Å². The van der Waals surface area contributed by atoms with Crippen molar-refractivity contribution < 1.29 is 9.47 Å². The van der Waals surface area contributed by atoms with Gasteiger partial charge < -0.3 is 9.47 Å². The summed E-state index contributed by atoms with van der Waals surface area (Å²) in [7, 11) is 3.08.